The van der Waals surface area contributed by atoms with Crippen LogP contribution in [0.25, 0.3) is 0 Å². The number of ether oxygens (including phenoxy) is 2. The molecule has 0 bridgehead atoms. The first-order valence-electron chi connectivity index (χ1n) is 7.63. The number of nitrogens with one attached hydrogen (secondary N) is 1. The minimum absolute atomic E-state index is 0.0224. The van der Waals surface area contributed by atoms with Gasteiger partial charge in [-0.25, -0.2) is 0 Å². The van der Waals surface area contributed by atoms with Crippen LogP contribution in [0.5, 0.6) is 5.88 Å². The zero-order valence-electron chi connectivity index (χ0n) is 13.5. The van der Waals surface area contributed by atoms with E-state index in [0.717, 1.165) is 30.6 Å². The predicted molar refractivity (Wildman–Crippen MR) is 86.8 cm³/mol. The van der Waals surface area contributed by atoms with Gasteiger partial charge in [-0.2, -0.15) is 4.37 Å². The molecule has 0 amide bonds. The quantitative estimate of drug-likeness (QED) is 0.763. The molecule has 1 aliphatic rings. The minimum Gasteiger partial charge on any atom is -0.474 e. The molecule has 8 heteroatoms. The lowest BCUT2D eigenvalue weighted by Gasteiger charge is -2.27. The molecule has 1 aliphatic heterocycles. The second kappa shape index (κ2) is 8.05. The molecule has 7 nitrogen and oxygen atoms in total. The molecule has 0 aromatic carbocycles. The van der Waals surface area contributed by atoms with Crippen LogP contribution in [0.1, 0.15) is 20.8 Å². The molecule has 0 radical (unpaired) electrons. The molecule has 126 valence electrons. The van der Waals surface area contributed by atoms with Gasteiger partial charge in [-0.1, -0.05) is 0 Å². The topological polar surface area (TPSA) is 79.7 Å². The van der Waals surface area contributed by atoms with E-state index in [0.29, 0.717) is 32.2 Å². The van der Waals surface area contributed by atoms with Gasteiger partial charge >= 0.3 is 0 Å². The monoisotopic (exact) mass is 330 g/mol. The van der Waals surface area contributed by atoms with Crippen LogP contribution in [0.3, 0.4) is 0 Å². The Morgan fingerprint density at radius 3 is 2.73 bits per heavy atom. The van der Waals surface area contributed by atoms with Crippen molar-refractivity contribution < 1.29 is 14.6 Å². The summed E-state index contributed by atoms with van der Waals surface area (Å²) in [6, 6.07) is 0. The van der Waals surface area contributed by atoms with Crippen LogP contribution in [-0.4, -0.2) is 65.5 Å². The molecule has 0 saturated carbocycles. The molecule has 1 aromatic heterocycles. The lowest BCUT2D eigenvalue weighted by Crippen LogP contribution is -2.41. The number of hydrogen-bond acceptors (Lipinski definition) is 8. The molecular formula is C14H26N4O3S. The van der Waals surface area contributed by atoms with Crippen molar-refractivity contribution in [3.63, 3.8) is 0 Å². The Morgan fingerprint density at radius 1 is 1.36 bits per heavy atom. The molecule has 2 rings (SSSR count). The third kappa shape index (κ3) is 5.35. The summed E-state index contributed by atoms with van der Waals surface area (Å²) in [4.78, 5) is 2.13. The Balaban J connectivity index is 1.86. The lowest BCUT2D eigenvalue weighted by molar-refractivity contribution is 0.121. The molecule has 1 saturated heterocycles. The standard InChI is InChI=1S/C14H26N4O3S/c1-14(2,3)15-8-11(9-19)10-21-13-12(16-22-17-13)18-4-6-20-7-5-18/h11,15,19H,4-10H2,1-3H3/t11-/m1/s1. The van der Waals surface area contributed by atoms with Crippen LogP contribution in [0, 0.1) is 5.92 Å². The summed E-state index contributed by atoms with van der Waals surface area (Å²) in [6.45, 7) is 10.5. The Kier molecular flexibility index (Phi) is 6.37. The van der Waals surface area contributed by atoms with Gasteiger partial charge in [-0.05, 0) is 20.8 Å². The highest BCUT2D eigenvalue weighted by Gasteiger charge is 2.21. The third-order valence-electron chi connectivity index (χ3n) is 3.39. The van der Waals surface area contributed by atoms with Crippen molar-refractivity contribution in [1.29, 1.82) is 0 Å². The number of hydrogen-bond donors (Lipinski definition) is 2. The van der Waals surface area contributed by atoms with Gasteiger partial charge in [0.15, 0.2) is 0 Å². The maximum atomic E-state index is 9.49. The summed E-state index contributed by atoms with van der Waals surface area (Å²) < 4.78 is 19.7. The number of nitrogens with zero attached hydrogens (tertiary/aromatic N) is 3. The van der Waals surface area contributed by atoms with Crippen LogP contribution in [-0.2, 0) is 4.74 Å². The summed E-state index contributed by atoms with van der Waals surface area (Å²) in [7, 11) is 0. The first kappa shape index (κ1) is 17.4. The number of anilines is 1. The van der Waals surface area contributed by atoms with Gasteiger partial charge in [0, 0.05) is 31.1 Å². The smallest absolute Gasteiger partial charge is 0.270 e. The Hall–Kier alpha value is -0.960. The van der Waals surface area contributed by atoms with Crippen molar-refractivity contribution in [3.05, 3.63) is 0 Å². The van der Waals surface area contributed by atoms with E-state index >= 15 is 0 Å². The molecule has 1 aromatic rings. The fraction of sp³-hybridized carbons (Fsp3) is 0.857. The second-order valence-electron chi connectivity index (χ2n) is 6.48. The first-order valence-corrected chi connectivity index (χ1v) is 8.36. The van der Waals surface area contributed by atoms with Crippen molar-refractivity contribution in [2.45, 2.75) is 26.3 Å². The van der Waals surface area contributed by atoms with Crippen molar-refractivity contribution >= 4 is 17.5 Å². The zero-order valence-corrected chi connectivity index (χ0v) is 14.4. The van der Waals surface area contributed by atoms with Crippen LogP contribution >= 0.6 is 11.7 Å². The summed E-state index contributed by atoms with van der Waals surface area (Å²) in [5, 5.41) is 12.9. The molecule has 1 fully saturated rings. The molecular weight excluding hydrogens is 304 g/mol. The van der Waals surface area contributed by atoms with Crippen molar-refractivity contribution in [2.75, 3.05) is 51.0 Å². The van der Waals surface area contributed by atoms with Gasteiger partial charge in [0.25, 0.3) is 5.88 Å². The highest BCUT2D eigenvalue weighted by Crippen LogP contribution is 2.26. The zero-order chi connectivity index (χ0) is 16.0. The molecule has 2 N–H and O–H groups in total. The van der Waals surface area contributed by atoms with Crippen LogP contribution < -0.4 is 15.0 Å². The van der Waals surface area contributed by atoms with Crippen LogP contribution in [0.4, 0.5) is 5.82 Å². The van der Waals surface area contributed by atoms with Crippen molar-refractivity contribution in [1.82, 2.24) is 14.1 Å². The maximum absolute atomic E-state index is 9.49. The number of aliphatic hydroxyl groups excluding tert-OH is 1. The Morgan fingerprint density at radius 2 is 2.09 bits per heavy atom. The van der Waals surface area contributed by atoms with Crippen LogP contribution in [0.2, 0.25) is 0 Å². The van der Waals surface area contributed by atoms with Gasteiger partial charge in [-0.3, -0.25) is 0 Å². The highest BCUT2D eigenvalue weighted by molar-refractivity contribution is 6.99. The summed E-state index contributed by atoms with van der Waals surface area (Å²) in [6.07, 6.45) is 0. The fourth-order valence-electron chi connectivity index (χ4n) is 2.06. The van der Waals surface area contributed by atoms with E-state index in [4.69, 9.17) is 9.47 Å². The average Bonchev–Trinajstić information content (AvgIpc) is 2.96. The van der Waals surface area contributed by atoms with E-state index in [1.165, 1.54) is 0 Å². The predicted octanol–water partition coefficient (Wildman–Crippen LogP) is 0.750. The minimum atomic E-state index is 0.0224. The number of aliphatic hydroxyl groups is 1. The van der Waals surface area contributed by atoms with Crippen LogP contribution in [0.15, 0.2) is 0 Å². The van der Waals surface area contributed by atoms with E-state index in [-0.39, 0.29) is 18.1 Å². The normalized spacial score (nSPS) is 17.5. The Bertz CT molecular complexity index is 444. The van der Waals surface area contributed by atoms with Gasteiger partial charge in [0.05, 0.1) is 38.2 Å². The van der Waals surface area contributed by atoms with E-state index in [9.17, 15) is 5.11 Å². The fourth-order valence-corrected chi connectivity index (χ4v) is 2.58. The largest absolute Gasteiger partial charge is 0.474 e. The Labute approximate surface area is 135 Å². The summed E-state index contributed by atoms with van der Waals surface area (Å²) in [5.74, 6) is 1.37. The summed E-state index contributed by atoms with van der Waals surface area (Å²) in [5.41, 5.74) is 0.0224. The molecule has 22 heavy (non-hydrogen) atoms. The molecule has 0 aliphatic carbocycles. The lowest BCUT2D eigenvalue weighted by atomic mass is 10.1. The first-order chi connectivity index (χ1) is 10.5. The highest BCUT2D eigenvalue weighted by atomic mass is 32.1. The SMILES string of the molecule is CC(C)(C)NC[C@H](CO)COc1nsnc1N1CCOCC1. The number of aromatic nitrogens is 2. The third-order valence-corrected chi connectivity index (χ3v) is 3.89. The van der Waals surface area contributed by atoms with Gasteiger partial charge in [0.2, 0.25) is 5.82 Å². The van der Waals surface area contributed by atoms with E-state index in [1.807, 2.05) is 0 Å². The maximum Gasteiger partial charge on any atom is 0.270 e. The average molecular weight is 330 g/mol. The summed E-state index contributed by atoms with van der Waals surface area (Å²) >= 11 is 1.15. The number of rotatable bonds is 7. The van der Waals surface area contributed by atoms with Gasteiger partial charge in [-0.15, -0.1) is 4.37 Å². The van der Waals surface area contributed by atoms with Crippen molar-refractivity contribution in [3.8, 4) is 5.88 Å². The van der Waals surface area contributed by atoms with E-state index in [2.05, 4.69) is 39.7 Å². The van der Waals surface area contributed by atoms with Gasteiger partial charge < -0.3 is 24.8 Å². The second-order valence-corrected chi connectivity index (χ2v) is 7.01. The molecule has 2 heterocycles. The van der Waals surface area contributed by atoms with E-state index < -0.39 is 0 Å². The molecule has 0 unspecified atom stereocenters. The molecule has 1 atom stereocenters. The number of morpholine rings is 1. The van der Waals surface area contributed by atoms with E-state index in [1.54, 1.807) is 0 Å². The van der Waals surface area contributed by atoms with Gasteiger partial charge in [0.1, 0.15) is 0 Å². The molecule has 0 spiro atoms. The van der Waals surface area contributed by atoms with Crippen molar-refractivity contribution in [2.24, 2.45) is 5.92 Å².